The molecule has 2 fully saturated rings. The van der Waals surface area contributed by atoms with Gasteiger partial charge in [0.2, 0.25) is 5.91 Å². The van der Waals surface area contributed by atoms with Crippen molar-refractivity contribution in [3.8, 4) is 0 Å². The van der Waals surface area contributed by atoms with Gasteiger partial charge in [-0.1, -0.05) is 18.9 Å². The van der Waals surface area contributed by atoms with E-state index in [2.05, 4.69) is 9.80 Å². The Balaban J connectivity index is 1.54. The topological polar surface area (TPSA) is 43.8 Å². The first kappa shape index (κ1) is 16.9. The molecule has 4 nitrogen and oxygen atoms in total. The minimum absolute atomic E-state index is 0.123. The van der Waals surface area contributed by atoms with Crippen LogP contribution in [0.4, 0.5) is 0 Å². The summed E-state index contributed by atoms with van der Waals surface area (Å²) in [7, 11) is 0. The minimum atomic E-state index is -0.429. The van der Waals surface area contributed by atoms with Crippen molar-refractivity contribution in [1.82, 2.24) is 9.80 Å². The number of carbonyl (C=O) groups excluding carboxylic acids is 1. The van der Waals surface area contributed by atoms with Crippen LogP contribution in [0.25, 0.3) is 0 Å². The summed E-state index contributed by atoms with van der Waals surface area (Å²) >= 11 is 1.60. The van der Waals surface area contributed by atoms with Crippen LogP contribution in [0.5, 0.6) is 0 Å². The average molecular weight is 337 g/mol. The number of aliphatic hydroxyl groups is 1. The summed E-state index contributed by atoms with van der Waals surface area (Å²) in [6.07, 6.45) is 6.45. The smallest absolute Gasteiger partial charge is 0.226 e. The van der Waals surface area contributed by atoms with Crippen LogP contribution in [0.2, 0.25) is 0 Å². The quantitative estimate of drug-likeness (QED) is 0.919. The highest BCUT2D eigenvalue weighted by Crippen LogP contribution is 2.25. The summed E-state index contributed by atoms with van der Waals surface area (Å²) in [5.41, 5.74) is 0. The van der Waals surface area contributed by atoms with Gasteiger partial charge in [-0.05, 0) is 43.7 Å². The first-order chi connectivity index (χ1) is 11.2. The molecule has 5 heteroatoms. The fourth-order valence-electron chi connectivity index (χ4n) is 3.79. The molecule has 1 amide bonds. The van der Waals surface area contributed by atoms with Gasteiger partial charge in [0.1, 0.15) is 6.10 Å². The highest BCUT2D eigenvalue weighted by atomic mass is 32.1. The van der Waals surface area contributed by atoms with Crippen LogP contribution in [0.3, 0.4) is 0 Å². The zero-order valence-corrected chi connectivity index (χ0v) is 14.6. The molecule has 128 valence electrons. The zero-order valence-electron chi connectivity index (χ0n) is 13.8. The van der Waals surface area contributed by atoms with Gasteiger partial charge in [0, 0.05) is 31.1 Å². The van der Waals surface area contributed by atoms with Crippen molar-refractivity contribution in [2.75, 3.05) is 32.7 Å². The summed E-state index contributed by atoms with van der Waals surface area (Å²) in [5, 5.41) is 12.3. The second kappa shape index (κ2) is 8.27. The van der Waals surface area contributed by atoms with Crippen molar-refractivity contribution in [3.63, 3.8) is 0 Å². The Kier molecular flexibility index (Phi) is 6.08. The number of hydrogen-bond donors (Lipinski definition) is 1. The second-order valence-electron chi connectivity index (χ2n) is 6.87. The third-order valence-electron chi connectivity index (χ3n) is 5.08. The molecule has 1 aromatic rings. The molecule has 3 heterocycles. The number of amides is 1. The lowest BCUT2D eigenvalue weighted by Crippen LogP contribution is -2.46. The molecule has 2 saturated heterocycles. The summed E-state index contributed by atoms with van der Waals surface area (Å²) in [6, 6.07) is 3.96. The Morgan fingerprint density at radius 1 is 1.22 bits per heavy atom. The molecule has 23 heavy (non-hydrogen) atoms. The predicted octanol–water partition coefficient (Wildman–Crippen LogP) is 2.90. The number of piperidine rings is 1. The minimum Gasteiger partial charge on any atom is -0.386 e. The van der Waals surface area contributed by atoms with Gasteiger partial charge in [-0.3, -0.25) is 9.69 Å². The lowest BCUT2D eigenvalue weighted by molar-refractivity contribution is -0.137. The van der Waals surface area contributed by atoms with Gasteiger partial charge in [-0.25, -0.2) is 0 Å². The lowest BCUT2D eigenvalue weighted by Gasteiger charge is -2.35. The third-order valence-corrected chi connectivity index (χ3v) is 6.05. The van der Waals surface area contributed by atoms with Crippen molar-refractivity contribution in [1.29, 1.82) is 0 Å². The van der Waals surface area contributed by atoms with E-state index in [9.17, 15) is 9.90 Å². The first-order valence-corrected chi connectivity index (χ1v) is 9.84. The summed E-state index contributed by atoms with van der Waals surface area (Å²) in [4.78, 5) is 18.2. The van der Waals surface area contributed by atoms with E-state index < -0.39 is 6.10 Å². The molecule has 0 saturated carbocycles. The molecule has 2 aliphatic heterocycles. The number of likely N-dealkylation sites (tertiary alicyclic amines) is 2. The van der Waals surface area contributed by atoms with Crippen molar-refractivity contribution in [2.45, 2.75) is 44.6 Å². The average Bonchev–Trinajstić information content (AvgIpc) is 2.97. The molecular formula is C18H28N2O2S. The third kappa shape index (κ3) is 4.55. The number of β-amino-alcohol motifs (C(OH)–C–C–N with tert-alkyl or cyclic N) is 1. The van der Waals surface area contributed by atoms with Gasteiger partial charge in [-0.15, -0.1) is 11.3 Å². The maximum absolute atomic E-state index is 12.8. The van der Waals surface area contributed by atoms with Crippen molar-refractivity contribution in [3.05, 3.63) is 22.4 Å². The van der Waals surface area contributed by atoms with E-state index in [4.69, 9.17) is 0 Å². The van der Waals surface area contributed by atoms with E-state index in [0.29, 0.717) is 12.5 Å². The lowest BCUT2D eigenvalue weighted by atomic mass is 9.96. The molecule has 0 radical (unpaired) electrons. The van der Waals surface area contributed by atoms with Crippen LogP contribution >= 0.6 is 11.3 Å². The molecule has 0 unspecified atom stereocenters. The Hall–Kier alpha value is -0.910. The predicted molar refractivity (Wildman–Crippen MR) is 93.5 cm³/mol. The van der Waals surface area contributed by atoms with E-state index >= 15 is 0 Å². The molecule has 0 aliphatic carbocycles. The number of rotatable bonds is 4. The van der Waals surface area contributed by atoms with E-state index in [1.165, 1.54) is 12.8 Å². The van der Waals surface area contributed by atoms with Crippen LogP contribution in [0.1, 0.15) is 49.5 Å². The second-order valence-corrected chi connectivity index (χ2v) is 7.85. The van der Waals surface area contributed by atoms with Gasteiger partial charge >= 0.3 is 0 Å². The monoisotopic (exact) mass is 336 g/mol. The maximum Gasteiger partial charge on any atom is 0.226 e. The van der Waals surface area contributed by atoms with Crippen molar-refractivity contribution >= 4 is 17.2 Å². The van der Waals surface area contributed by atoms with E-state index in [1.54, 1.807) is 11.3 Å². The van der Waals surface area contributed by atoms with Crippen molar-refractivity contribution in [2.24, 2.45) is 5.92 Å². The summed E-state index contributed by atoms with van der Waals surface area (Å²) in [6.45, 7) is 4.31. The number of aliphatic hydroxyl groups excluding tert-OH is 1. The number of nitrogens with zero attached hydrogens (tertiary/aromatic N) is 2. The Morgan fingerprint density at radius 3 is 2.70 bits per heavy atom. The molecule has 0 bridgehead atoms. The molecule has 3 rings (SSSR count). The Morgan fingerprint density at radius 2 is 2.00 bits per heavy atom. The van der Waals surface area contributed by atoms with Crippen molar-refractivity contribution < 1.29 is 9.90 Å². The zero-order chi connectivity index (χ0) is 16.1. The Bertz CT molecular complexity index is 483. The molecule has 0 spiro atoms. The molecule has 0 aromatic carbocycles. The van der Waals surface area contributed by atoms with E-state index in [1.807, 2.05) is 17.5 Å². The number of thiophene rings is 1. The summed E-state index contributed by atoms with van der Waals surface area (Å²) in [5.74, 6) is 0.472. The normalized spacial score (nSPS) is 25.1. The highest BCUT2D eigenvalue weighted by Gasteiger charge is 2.30. The largest absolute Gasteiger partial charge is 0.386 e. The van der Waals surface area contributed by atoms with Crippen LogP contribution in [-0.2, 0) is 4.79 Å². The van der Waals surface area contributed by atoms with Gasteiger partial charge in [-0.2, -0.15) is 0 Å². The maximum atomic E-state index is 12.8. The van der Waals surface area contributed by atoms with Crippen LogP contribution in [-0.4, -0.2) is 53.5 Å². The highest BCUT2D eigenvalue weighted by molar-refractivity contribution is 7.10. The fourth-order valence-corrected chi connectivity index (χ4v) is 4.49. The molecule has 1 N–H and O–H groups in total. The van der Waals surface area contributed by atoms with Gasteiger partial charge in [0.05, 0.1) is 5.92 Å². The van der Waals surface area contributed by atoms with Gasteiger partial charge in [0.25, 0.3) is 0 Å². The molecular weight excluding hydrogens is 308 g/mol. The fraction of sp³-hybridized carbons (Fsp3) is 0.722. The van der Waals surface area contributed by atoms with Gasteiger partial charge in [0.15, 0.2) is 0 Å². The molecule has 1 aromatic heterocycles. The molecule has 2 atom stereocenters. The van der Waals surface area contributed by atoms with E-state index in [-0.39, 0.29) is 5.92 Å². The van der Waals surface area contributed by atoms with Crippen LogP contribution < -0.4 is 0 Å². The Labute approximate surface area is 143 Å². The number of hydrogen-bond acceptors (Lipinski definition) is 4. The standard InChI is InChI=1S/C18H28N2O2S/c21-16(17-8-6-12-23-17)14-19-9-5-7-15(13-19)18(22)20-10-3-1-2-4-11-20/h6,8,12,15-16,21H,1-5,7,9-11,13-14H2/t15-,16+/m0/s1. The van der Waals surface area contributed by atoms with Gasteiger partial charge < -0.3 is 10.0 Å². The summed E-state index contributed by atoms with van der Waals surface area (Å²) < 4.78 is 0. The first-order valence-electron chi connectivity index (χ1n) is 8.96. The SMILES string of the molecule is O=C([C@H]1CCCN(C[C@@H](O)c2cccs2)C1)N1CCCCCC1. The van der Waals surface area contributed by atoms with Crippen LogP contribution in [0, 0.1) is 5.92 Å². The van der Waals surface area contributed by atoms with E-state index in [0.717, 1.165) is 56.7 Å². The van der Waals surface area contributed by atoms with Crippen LogP contribution in [0.15, 0.2) is 17.5 Å². The molecule has 2 aliphatic rings. The number of carbonyl (C=O) groups is 1.